The van der Waals surface area contributed by atoms with Crippen molar-refractivity contribution in [3.8, 4) is 5.95 Å². The van der Waals surface area contributed by atoms with Crippen LogP contribution in [-0.4, -0.2) is 6.10 Å². The first-order valence-electron chi connectivity index (χ1n) is 7.26. The van der Waals surface area contributed by atoms with E-state index in [1.165, 1.54) is 0 Å². The minimum Gasteiger partial charge on any atom is -0.462 e. The Morgan fingerprint density at radius 2 is 2.05 bits per heavy atom. The van der Waals surface area contributed by atoms with Crippen LogP contribution in [0.4, 0.5) is 0 Å². The third-order valence-corrected chi connectivity index (χ3v) is 3.23. The third kappa shape index (κ3) is 3.03. The Morgan fingerprint density at radius 3 is 2.70 bits per heavy atom. The minimum atomic E-state index is -0.0126. The summed E-state index contributed by atoms with van der Waals surface area (Å²) in [5.41, 5.74) is 2.36. The zero-order chi connectivity index (χ0) is 14.7. The van der Waals surface area contributed by atoms with E-state index in [2.05, 4.69) is 6.92 Å². The van der Waals surface area contributed by atoms with Gasteiger partial charge in [-0.3, -0.25) is 4.79 Å². The van der Waals surface area contributed by atoms with Gasteiger partial charge in [-0.25, -0.2) is 0 Å². The number of hydrogen-bond donors (Lipinski definition) is 0. The van der Waals surface area contributed by atoms with Gasteiger partial charge in [0, 0.05) is 0 Å². The predicted octanol–water partition coefficient (Wildman–Crippen LogP) is 4.23. The van der Waals surface area contributed by atoms with E-state index in [9.17, 15) is 4.79 Å². The summed E-state index contributed by atoms with van der Waals surface area (Å²) in [5, 5.41) is 0.646. The minimum absolute atomic E-state index is 0.0126. The van der Waals surface area contributed by atoms with Crippen LogP contribution in [0, 0.1) is 6.92 Å². The fourth-order valence-corrected chi connectivity index (χ4v) is 2.21. The molecule has 0 unspecified atom stereocenters. The van der Waals surface area contributed by atoms with Crippen molar-refractivity contribution in [1.29, 1.82) is 0 Å². The van der Waals surface area contributed by atoms with Crippen molar-refractivity contribution in [3.63, 3.8) is 0 Å². The van der Waals surface area contributed by atoms with Crippen molar-refractivity contribution >= 4 is 11.0 Å². The van der Waals surface area contributed by atoms with Gasteiger partial charge < -0.3 is 9.15 Å². The van der Waals surface area contributed by atoms with Gasteiger partial charge in [0.2, 0.25) is 0 Å². The van der Waals surface area contributed by atoms with Crippen molar-refractivity contribution in [3.05, 3.63) is 39.5 Å². The second-order valence-corrected chi connectivity index (χ2v) is 5.47. The van der Waals surface area contributed by atoms with Crippen LogP contribution in [-0.2, 0) is 6.42 Å². The number of hydrogen-bond acceptors (Lipinski definition) is 3. The molecule has 108 valence electrons. The zero-order valence-electron chi connectivity index (χ0n) is 12.7. The Kier molecular flexibility index (Phi) is 4.48. The summed E-state index contributed by atoms with van der Waals surface area (Å²) in [5.74, 6) is 0.384. The van der Waals surface area contributed by atoms with Gasteiger partial charge in [0.25, 0.3) is 5.95 Å². The molecule has 0 fully saturated rings. The molecule has 0 atom stereocenters. The monoisotopic (exact) mass is 274 g/mol. The number of ether oxygens (including phenoxy) is 1. The van der Waals surface area contributed by atoms with E-state index < -0.39 is 0 Å². The van der Waals surface area contributed by atoms with Crippen LogP contribution in [0.5, 0.6) is 5.95 Å². The Labute approximate surface area is 119 Å². The molecule has 0 aliphatic carbocycles. The van der Waals surface area contributed by atoms with Gasteiger partial charge in [-0.1, -0.05) is 25.0 Å². The van der Waals surface area contributed by atoms with Crippen LogP contribution in [0.3, 0.4) is 0 Å². The molecule has 1 heterocycles. The zero-order valence-corrected chi connectivity index (χ0v) is 12.7. The predicted molar refractivity (Wildman–Crippen MR) is 81.6 cm³/mol. The molecule has 1 aromatic heterocycles. The molecule has 0 aliphatic rings. The molecule has 0 bridgehead atoms. The molecule has 0 saturated heterocycles. The van der Waals surface area contributed by atoms with Crippen LogP contribution >= 0.6 is 0 Å². The fourth-order valence-electron chi connectivity index (χ4n) is 2.21. The molecular weight excluding hydrogens is 252 g/mol. The van der Waals surface area contributed by atoms with Gasteiger partial charge in [0.05, 0.1) is 17.1 Å². The summed E-state index contributed by atoms with van der Waals surface area (Å²) >= 11 is 0. The first-order valence-corrected chi connectivity index (χ1v) is 7.26. The van der Waals surface area contributed by atoms with Gasteiger partial charge in [-0.05, 0) is 45.7 Å². The van der Waals surface area contributed by atoms with Crippen molar-refractivity contribution in [2.45, 2.75) is 53.1 Å². The molecule has 0 N–H and O–H groups in total. The molecule has 3 nitrogen and oxygen atoms in total. The van der Waals surface area contributed by atoms with E-state index in [0.29, 0.717) is 28.9 Å². The summed E-state index contributed by atoms with van der Waals surface area (Å²) in [4.78, 5) is 12.6. The molecule has 0 aliphatic heterocycles. The number of aryl methyl sites for hydroxylation is 1. The molecule has 2 aromatic rings. The summed E-state index contributed by atoms with van der Waals surface area (Å²) in [6, 6.07) is 5.66. The van der Waals surface area contributed by atoms with Crippen molar-refractivity contribution in [2.75, 3.05) is 0 Å². The number of fused-ring (bicyclic) bond motifs is 1. The van der Waals surface area contributed by atoms with E-state index in [0.717, 1.165) is 18.4 Å². The van der Waals surface area contributed by atoms with Crippen LogP contribution in [0.15, 0.2) is 27.4 Å². The summed E-state index contributed by atoms with van der Waals surface area (Å²) < 4.78 is 11.5. The van der Waals surface area contributed by atoms with Crippen molar-refractivity contribution < 1.29 is 9.15 Å². The van der Waals surface area contributed by atoms with Gasteiger partial charge in [0.15, 0.2) is 5.43 Å². The smallest absolute Gasteiger partial charge is 0.292 e. The lowest BCUT2D eigenvalue weighted by atomic mass is 10.1. The quantitative estimate of drug-likeness (QED) is 0.819. The first-order chi connectivity index (χ1) is 9.52. The Hall–Kier alpha value is -1.77. The molecule has 0 radical (unpaired) electrons. The maximum absolute atomic E-state index is 12.6. The third-order valence-electron chi connectivity index (χ3n) is 3.23. The molecule has 0 saturated carbocycles. The Morgan fingerprint density at radius 1 is 1.30 bits per heavy atom. The SMILES string of the molecule is CCCCc1c(OC(C)C)oc2ccc(C)cc2c1=O. The van der Waals surface area contributed by atoms with E-state index in [1.807, 2.05) is 39.0 Å². The van der Waals surface area contributed by atoms with Gasteiger partial charge in [-0.2, -0.15) is 0 Å². The molecule has 2 rings (SSSR count). The molecule has 20 heavy (non-hydrogen) atoms. The lowest BCUT2D eigenvalue weighted by Crippen LogP contribution is -2.15. The molecule has 0 spiro atoms. The van der Waals surface area contributed by atoms with Crippen molar-refractivity contribution in [2.24, 2.45) is 0 Å². The van der Waals surface area contributed by atoms with E-state index >= 15 is 0 Å². The van der Waals surface area contributed by atoms with Crippen LogP contribution in [0.2, 0.25) is 0 Å². The average Bonchev–Trinajstić information content (AvgIpc) is 2.39. The largest absolute Gasteiger partial charge is 0.462 e. The lowest BCUT2D eigenvalue weighted by molar-refractivity contribution is 0.185. The van der Waals surface area contributed by atoms with E-state index in [-0.39, 0.29) is 11.5 Å². The number of unbranched alkanes of at least 4 members (excludes halogenated alkanes) is 1. The van der Waals surface area contributed by atoms with Crippen molar-refractivity contribution in [1.82, 2.24) is 0 Å². The Bertz CT molecular complexity index is 653. The average molecular weight is 274 g/mol. The molecule has 1 aromatic carbocycles. The highest BCUT2D eigenvalue weighted by molar-refractivity contribution is 5.78. The fraction of sp³-hybridized carbons (Fsp3) is 0.471. The lowest BCUT2D eigenvalue weighted by Gasteiger charge is -2.13. The normalized spacial score (nSPS) is 11.2. The van der Waals surface area contributed by atoms with Gasteiger partial charge >= 0.3 is 0 Å². The van der Waals surface area contributed by atoms with Crippen LogP contribution in [0.25, 0.3) is 11.0 Å². The summed E-state index contributed by atoms with van der Waals surface area (Å²) in [7, 11) is 0. The van der Waals surface area contributed by atoms with Gasteiger partial charge in [-0.15, -0.1) is 0 Å². The maximum atomic E-state index is 12.6. The van der Waals surface area contributed by atoms with E-state index in [1.54, 1.807) is 0 Å². The van der Waals surface area contributed by atoms with E-state index in [4.69, 9.17) is 9.15 Å². The molecular formula is C17H22O3. The number of rotatable bonds is 5. The van der Waals surface area contributed by atoms with Crippen LogP contribution < -0.4 is 10.2 Å². The molecule has 0 amide bonds. The first kappa shape index (κ1) is 14.6. The summed E-state index contributed by atoms with van der Waals surface area (Å²) in [6.07, 6.45) is 2.68. The Balaban J connectivity index is 2.62. The number of benzene rings is 1. The highest BCUT2D eigenvalue weighted by atomic mass is 16.6. The highest BCUT2D eigenvalue weighted by Gasteiger charge is 2.16. The molecule has 3 heteroatoms. The topological polar surface area (TPSA) is 39.4 Å². The van der Waals surface area contributed by atoms with Gasteiger partial charge in [0.1, 0.15) is 5.58 Å². The second kappa shape index (κ2) is 6.12. The maximum Gasteiger partial charge on any atom is 0.292 e. The highest BCUT2D eigenvalue weighted by Crippen LogP contribution is 2.25. The van der Waals surface area contributed by atoms with Crippen LogP contribution in [0.1, 0.15) is 44.7 Å². The second-order valence-electron chi connectivity index (χ2n) is 5.47. The standard InChI is InChI=1S/C17H22O3/c1-5-6-7-13-16(18)14-10-12(4)8-9-15(14)20-17(13)19-11(2)3/h8-11H,5-7H2,1-4H3. The summed E-state index contributed by atoms with van der Waals surface area (Å²) in [6.45, 7) is 7.95.